The lowest BCUT2D eigenvalue weighted by Gasteiger charge is -2.09. The van der Waals surface area contributed by atoms with Gasteiger partial charge in [-0.2, -0.15) is 0 Å². The predicted octanol–water partition coefficient (Wildman–Crippen LogP) is 2.50. The number of carbonyl (C=O) groups is 1. The lowest BCUT2D eigenvalue weighted by atomic mass is 10.0. The molecule has 1 amide bonds. The van der Waals surface area contributed by atoms with Crippen LogP contribution in [0.5, 0.6) is 0 Å². The number of rotatable bonds is 9. The van der Waals surface area contributed by atoms with E-state index in [-0.39, 0.29) is 11.7 Å². The Labute approximate surface area is 168 Å². The fraction of sp³-hybridized carbons (Fsp3) is 0.316. The third-order valence-corrected chi connectivity index (χ3v) is 4.93. The molecule has 2 heterocycles. The van der Waals surface area contributed by atoms with E-state index >= 15 is 0 Å². The molecule has 3 aromatic rings. The Bertz CT molecular complexity index is 881. The third kappa shape index (κ3) is 5.53. The molecule has 0 radical (unpaired) electrons. The van der Waals surface area contributed by atoms with Gasteiger partial charge in [0.2, 0.25) is 11.9 Å². The van der Waals surface area contributed by atoms with E-state index in [9.17, 15) is 4.79 Å². The van der Waals surface area contributed by atoms with Gasteiger partial charge in [-0.25, -0.2) is 9.97 Å². The molecule has 2 aromatic heterocycles. The maximum Gasteiger partial charge on any atom is 0.230 e. The van der Waals surface area contributed by atoms with Crippen LogP contribution in [0.2, 0.25) is 0 Å². The van der Waals surface area contributed by atoms with Crippen LogP contribution in [0, 0.1) is 0 Å². The standard InChI is InChI=1S/C19H23N7OS/c1-14(2)15-4-6-16(7-5-15)26-13-24-25-19(26)28-12-17(27)20-10-11-23-18-21-8-3-9-22-18/h3-9,13-14H,10-12H2,1-2H3,(H,20,27)(H,21,22,23). The highest BCUT2D eigenvalue weighted by Gasteiger charge is 2.10. The first-order valence-corrected chi connectivity index (χ1v) is 10.0. The van der Waals surface area contributed by atoms with Crippen LogP contribution in [0.25, 0.3) is 5.69 Å². The number of thioether (sulfide) groups is 1. The number of hydrogen-bond acceptors (Lipinski definition) is 7. The van der Waals surface area contributed by atoms with Crippen molar-refractivity contribution >= 4 is 23.6 Å². The molecule has 3 rings (SSSR count). The molecule has 1 aromatic carbocycles. The highest BCUT2D eigenvalue weighted by Crippen LogP contribution is 2.21. The van der Waals surface area contributed by atoms with Crippen LogP contribution >= 0.6 is 11.8 Å². The van der Waals surface area contributed by atoms with Gasteiger partial charge in [-0.15, -0.1) is 10.2 Å². The van der Waals surface area contributed by atoms with Gasteiger partial charge in [0.1, 0.15) is 6.33 Å². The zero-order valence-corrected chi connectivity index (χ0v) is 16.7. The van der Waals surface area contributed by atoms with Gasteiger partial charge in [0, 0.05) is 31.2 Å². The van der Waals surface area contributed by atoms with E-state index in [1.807, 2.05) is 16.7 Å². The SMILES string of the molecule is CC(C)c1ccc(-n2cnnc2SCC(=O)NCCNc2ncccn2)cc1. The molecule has 0 atom stereocenters. The van der Waals surface area contributed by atoms with Crippen molar-refractivity contribution in [3.05, 3.63) is 54.6 Å². The lowest BCUT2D eigenvalue weighted by molar-refractivity contribution is -0.118. The molecule has 2 N–H and O–H groups in total. The van der Waals surface area contributed by atoms with Gasteiger partial charge in [-0.05, 0) is 29.7 Å². The Morgan fingerprint density at radius 2 is 1.89 bits per heavy atom. The van der Waals surface area contributed by atoms with Crippen LogP contribution in [-0.4, -0.2) is 49.5 Å². The summed E-state index contributed by atoms with van der Waals surface area (Å²) in [4.78, 5) is 20.2. The molecule has 0 bridgehead atoms. The Balaban J connectivity index is 1.46. The Kier molecular flexibility index (Phi) is 6.96. The minimum Gasteiger partial charge on any atom is -0.354 e. The van der Waals surface area contributed by atoms with E-state index in [1.54, 1.807) is 24.8 Å². The van der Waals surface area contributed by atoms with Gasteiger partial charge in [-0.3, -0.25) is 9.36 Å². The summed E-state index contributed by atoms with van der Waals surface area (Å²) in [7, 11) is 0. The van der Waals surface area contributed by atoms with Crippen molar-refractivity contribution in [2.45, 2.75) is 24.9 Å². The maximum atomic E-state index is 12.1. The summed E-state index contributed by atoms with van der Waals surface area (Å²) in [6, 6.07) is 10.0. The summed E-state index contributed by atoms with van der Waals surface area (Å²) in [6.45, 7) is 5.37. The van der Waals surface area contributed by atoms with Crippen LogP contribution in [0.1, 0.15) is 25.3 Å². The number of hydrogen-bond donors (Lipinski definition) is 2. The van der Waals surface area contributed by atoms with E-state index in [0.717, 1.165) is 5.69 Å². The Morgan fingerprint density at radius 3 is 2.61 bits per heavy atom. The van der Waals surface area contributed by atoms with Crippen molar-refractivity contribution < 1.29 is 4.79 Å². The van der Waals surface area contributed by atoms with Gasteiger partial charge in [0.05, 0.1) is 5.75 Å². The van der Waals surface area contributed by atoms with Crippen molar-refractivity contribution in [2.75, 3.05) is 24.2 Å². The van der Waals surface area contributed by atoms with Crippen LogP contribution < -0.4 is 10.6 Å². The molecular formula is C19H23N7OS. The fourth-order valence-corrected chi connectivity index (χ4v) is 3.23. The number of amides is 1. The van der Waals surface area contributed by atoms with Gasteiger partial charge >= 0.3 is 0 Å². The van der Waals surface area contributed by atoms with Crippen molar-refractivity contribution in [3.8, 4) is 5.69 Å². The fourth-order valence-electron chi connectivity index (χ4n) is 2.47. The molecule has 28 heavy (non-hydrogen) atoms. The van der Waals surface area contributed by atoms with Crippen LogP contribution in [0.3, 0.4) is 0 Å². The summed E-state index contributed by atoms with van der Waals surface area (Å²) in [5, 5.41) is 14.7. The molecule has 0 saturated carbocycles. The van der Waals surface area contributed by atoms with Crippen molar-refractivity contribution in [3.63, 3.8) is 0 Å². The summed E-state index contributed by atoms with van der Waals surface area (Å²) < 4.78 is 1.89. The third-order valence-electron chi connectivity index (χ3n) is 3.98. The van der Waals surface area contributed by atoms with E-state index < -0.39 is 0 Å². The number of aromatic nitrogens is 5. The van der Waals surface area contributed by atoms with Gasteiger partial charge in [0.15, 0.2) is 5.16 Å². The second kappa shape index (κ2) is 9.84. The summed E-state index contributed by atoms with van der Waals surface area (Å²) in [6.07, 6.45) is 4.99. The predicted molar refractivity (Wildman–Crippen MR) is 110 cm³/mol. The zero-order chi connectivity index (χ0) is 19.8. The molecule has 146 valence electrons. The average molecular weight is 398 g/mol. The normalized spacial score (nSPS) is 10.8. The highest BCUT2D eigenvalue weighted by atomic mass is 32.2. The topological polar surface area (TPSA) is 97.6 Å². The first kappa shape index (κ1) is 19.8. The number of nitrogens with one attached hydrogen (secondary N) is 2. The average Bonchev–Trinajstić information content (AvgIpc) is 3.19. The number of carbonyl (C=O) groups excluding carboxylic acids is 1. The molecule has 0 unspecified atom stereocenters. The van der Waals surface area contributed by atoms with E-state index in [4.69, 9.17) is 0 Å². The molecular weight excluding hydrogens is 374 g/mol. The second-order valence-corrected chi connectivity index (χ2v) is 7.31. The van der Waals surface area contributed by atoms with E-state index in [0.29, 0.717) is 30.1 Å². The first-order chi connectivity index (χ1) is 13.6. The van der Waals surface area contributed by atoms with Gasteiger partial charge in [0.25, 0.3) is 0 Å². The molecule has 0 aliphatic heterocycles. The van der Waals surface area contributed by atoms with Crippen molar-refractivity contribution in [1.82, 2.24) is 30.0 Å². The molecule has 9 heteroatoms. The van der Waals surface area contributed by atoms with E-state index in [2.05, 4.69) is 56.8 Å². The lowest BCUT2D eigenvalue weighted by Crippen LogP contribution is -2.30. The number of nitrogens with zero attached hydrogens (tertiary/aromatic N) is 5. The van der Waals surface area contributed by atoms with E-state index in [1.165, 1.54) is 17.3 Å². The summed E-state index contributed by atoms with van der Waals surface area (Å²) in [5.41, 5.74) is 2.25. The van der Waals surface area contributed by atoms with Crippen molar-refractivity contribution in [1.29, 1.82) is 0 Å². The van der Waals surface area contributed by atoms with Crippen molar-refractivity contribution in [2.24, 2.45) is 0 Å². The minimum atomic E-state index is -0.0644. The minimum absolute atomic E-state index is 0.0644. The smallest absolute Gasteiger partial charge is 0.230 e. The Morgan fingerprint density at radius 1 is 1.14 bits per heavy atom. The van der Waals surface area contributed by atoms with Crippen LogP contribution in [-0.2, 0) is 4.79 Å². The molecule has 0 aliphatic carbocycles. The first-order valence-electron chi connectivity index (χ1n) is 9.04. The van der Waals surface area contributed by atoms with Crippen LogP contribution in [0.4, 0.5) is 5.95 Å². The monoisotopic (exact) mass is 397 g/mol. The second-order valence-electron chi connectivity index (χ2n) is 6.37. The molecule has 0 fully saturated rings. The van der Waals surface area contributed by atoms with Crippen LogP contribution in [0.15, 0.2) is 54.2 Å². The summed E-state index contributed by atoms with van der Waals surface area (Å²) in [5.74, 6) is 1.23. The number of benzene rings is 1. The zero-order valence-electron chi connectivity index (χ0n) is 15.9. The number of anilines is 1. The molecule has 0 saturated heterocycles. The van der Waals surface area contributed by atoms with Gasteiger partial charge < -0.3 is 10.6 Å². The van der Waals surface area contributed by atoms with Gasteiger partial charge in [-0.1, -0.05) is 37.7 Å². The Hall–Kier alpha value is -2.94. The highest BCUT2D eigenvalue weighted by molar-refractivity contribution is 7.99. The molecule has 0 aliphatic rings. The quantitative estimate of drug-likeness (QED) is 0.423. The maximum absolute atomic E-state index is 12.1. The summed E-state index contributed by atoms with van der Waals surface area (Å²) >= 11 is 1.35. The molecule has 8 nitrogen and oxygen atoms in total. The largest absolute Gasteiger partial charge is 0.354 e. The molecule has 0 spiro atoms.